The van der Waals surface area contributed by atoms with Crippen LogP contribution in [0.25, 0.3) is 0 Å². The second-order valence-electron chi connectivity index (χ2n) is 5.00. The van der Waals surface area contributed by atoms with Gasteiger partial charge in [-0.3, -0.25) is 14.4 Å². The fourth-order valence-electron chi connectivity index (χ4n) is 1.86. The van der Waals surface area contributed by atoms with E-state index in [1.165, 1.54) is 11.8 Å². The van der Waals surface area contributed by atoms with Crippen LogP contribution in [-0.4, -0.2) is 53.6 Å². The molecule has 2 amide bonds. The van der Waals surface area contributed by atoms with Crippen LogP contribution in [0, 0.1) is 5.41 Å². The molecule has 1 aliphatic heterocycles. The molecule has 1 rings (SSSR count). The molecule has 1 unspecified atom stereocenters. The number of alkyl halides is 3. The minimum Gasteiger partial charge on any atom is -0.481 e. The first-order chi connectivity index (χ1) is 9.03. The van der Waals surface area contributed by atoms with Crippen molar-refractivity contribution in [1.82, 2.24) is 10.2 Å². The standard InChI is InChI=1S/C11H15F3N2O4/c1-10(9(19)20)2-3-16(6-10)8(18)4-7(17)15-5-11(12,13)14/h2-6H2,1H3,(H,15,17)(H,19,20). The summed E-state index contributed by atoms with van der Waals surface area (Å²) in [5.41, 5.74) is -1.07. The summed E-state index contributed by atoms with van der Waals surface area (Å²) in [6, 6.07) is 0. The van der Waals surface area contributed by atoms with Crippen LogP contribution >= 0.6 is 0 Å². The maximum Gasteiger partial charge on any atom is 0.405 e. The van der Waals surface area contributed by atoms with Gasteiger partial charge in [-0.05, 0) is 13.3 Å². The number of carboxylic acids is 1. The van der Waals surface area contributed by atoms with E-state index in [4.69, 9.17) is 5.11 Å². The molecule has 0 radical (unpaired) electrons. The summed E-state index contributed by atoms with van der Waals surface area (Å²) < 4.78 is 35.6. The minimum atomic E-state index is -4.53. The molecule has 0 bridgehead atoms. The molecule has 0 aliphatic carbocycles. The van der Waals surface area contributed by atoms with Crippen molar-refractivity contribution >= 4 is 17.8 Å². The monoisotopic (exact) mass is 296 g/mol. The number of aliphatic carboxylic acids is 1. The maximum absolute atomic E-state index is 11.9. The van der Waals surface area contributed by atoms with Gasteiger partial charge in [0.05, 0.1) is 5.41 Å². The third-order valence-corrected chi connectivity index (χ3v) is 3.14. The zero-order valence-corrected chi connectivity index (χ0v) is 10.8. The van der Waals surface area contributed by atoms with Crippen molar-refractivity contribution in [2.75, 3.05) is 19.6 Å². The second-order valence-corrected chi connectivity index (χ2v) is 5.00. The van der Waals surface area contributed by atoms with Crippen molar-refractivity contribution in [3.63, 3.8) is 0 Å². The highest BCUT2D eigenvalue weighted by Gasteiger charge is 2.42. The fraction of sp³-hybridized carbons (Fsp3) is 0.727. The summed E-state index contributed by atoms with van der Waals surface area (Å²) in [5, 5.41) is 10.6. The van der Waals surface area contributed by atoms with Crippen molar-refractivity contribution < 1.29 is 32.7 Å². The van der Waals surface area contributed by atoms with Crippen LogP contribution < -0.4 is 5.32 Å². The third-order valence-electron chi connectivity index (χ3n) is 3.14. The fourth-order valence-corrected chi connectivity index (χ4v) is 1.86. The van der Waals surface area contributed by atoms with Crippen molar-refractivity contribution in [2.45, 2.75) is 25.9 Å². The Morgan fingerprint density at radius 3 is 2.40 bits per heavy atom. The van der Waals surface area contributed by atoms with Crippen LogP contribution in [0.1, 0.15) is 19.8 Å². The Labute approximate surface area is 112 Å². The quantitative estimate of drug-likeness (QED) is 0.734. The SMILES string of the molecule is CC1(C(=O)O)CCN(C(=O)CC(=O)NCC(F)(F)F)C1. The van der Waals surface area contributed by atoms with Gasteiger partial charge in [0, 0.05) is 13.1 Å². The van der Waals surface area contributed by atoms with Crippen molar-refractivity contribution in [3.8, 4) is 0 Å². The summed E-state index contributed by atoms with van der Waals surface area (Å²) in [6.07, 6.45) is -5.00. The molecule has 20 heavy (non-hydrogen) atoms. The van der Waals surface area contributed by atoms with Crippen molar-refractivity contribution in [2.24, 2.45) is 5.41 Å². The molecule has 1 atom stereocenters. The van der Waals surface area contributed by atoms with Crippen LogP contribution in [0.3, 0.4) is 0 Å². The van der Waals surface area contributed by atoms with E-state index in [1.807, 2.05) is 0 Å². The predicted octanol–water partition coefficient (Wildman–Crippen LogP) is 0.378. The molecule has 9 heteroatoms. The number of likely N-dealkylation sites (tertiary alicyclic amines) is 1. The van der Waals surface area contributed by atoms with Crippen LogP contribution in [0.2, 0.25) is 0 Å². The Kier molecular flexibility index (Phi) is 4.61. The zero-order valence-electron chi connectivity index (χ0n) is 10.8. The van der Waals surface area contributed by atoms with Gasteiger partial charge in [-0.2, -0.15) is 13.2 Å². The number of carboxylic acid groups (broad SMARTS) is 1. The lowest BCUT2D eigenvalue weighted by atomic mass is 9.90. The summed E-state index contributed by atoms with van der Waals surface area (Å²) in [7, 11) is 0. The van der Waals surface area contributed by atoms with Gasteiger partial charge in [-0.25, -0.2) is 0 Å². The van der Waals surface area contributed by atoms with Gasteiger partial charge in [0.1, 0.15) is 13.0 Å². The highest BCUT2D eigenvalue weighted by Crippen LogP contribution is 2.30. The third kappa shape index (κ3) is 4.39. The van der Waals surface area contributed by atoms with Gasteiger partial charge in [-0.15, -0.1) is 0 Å². The van der Waals surface area contributed by atoms with Gasteiger partial charge in [0.15, 0.2) is 0 Å². The summed E-state index contributed by atoms with van der Waals surface area (Å²) in [6.45, 7) is 0.111. The number of amides is 2. The number of nitrogens with one attached hydrogen (secondary N) is 1. The number of nitrogens with zero attached hydrogens (tertiary/aromatic N) is 1. The Morgan fingerprint density at radius 1 is 1.35 bits per heavy atom. The predicted molar refractivity (Wildman–Crippen MR) is 60.6 cm³/mol. The first kappa shape index (κ1) is 16.3. The second kappa shape index (κ2) is 5.68. The Hall–Kier alpha value is -1.80. The molecular weight excluding hydrogens is 281 g/mol. The number of hydrogen-bond donors (Lipinski definition) is 2. The average Bonchev–Trinajstić information content (AvgIpc) is 2.70. The van der Waals surface area contributed by atoms with Crippen LogP contribution in [0.15, 0.2) is 0 Å². The largest absolute Gasteiger partial charge is 0.481 e. The summed E-state index contributed by atoms with van der Waals surface area (Å²) >= 11 is 0. The van der Waals surface area contributed by atoms with E-state index in [2.05, 4.69) is 0 Å². The van der Waals surface area contributed by atoms with E-state index in [0.717, 1.165) is 0 Å². The van der Waals surface area contributed by atoms with Crippen LogP contribution in [0.4, 0.5) is 13.2 Å². The number of carbonyl (C=O) groups excluding carboxylic acids is 2. The highest BCUT2D eigenvalue weighted by atomic mass is 19.4. The highest BCUT2D eigenvalue weighted by molar-refractivity contribution is 5.97. The van der Waals surface area contributed by atoms with E-state index in [0.29, 0.717) is 0 Å². The smallest absolute Gasteiger partial charge is 0.405 e. The molecule has 1 saturated heterocycles. The van der Waals surface area contributed by atoms with Crippen LogP contribution in [-0.2, 0) is 14.4 Å². The summed E-state index contributed by atoms with van der Waals surface area (Å²) in [5.74, 6) is -2.75. The number of hydrogen-bond acceptors (Lipinski definition) is 3. The lowest BCUT2D eigenvalue weighted by Crippen LogP contribution is -2.39. The number of rotatable bonds is 4. The van der Waals surface area contributed by atoms with Gasteiger partial charge >= 0.3 is 12.1 Å². The molecule has 2 N–H and O–H groups in total. The van der Waals surface area contributed by atoms with Gasteiger partial charge in [0.25, 0.3) is 0 Å². The molecule has 0 aromatic rings. The Morgan fingerprint density at radius 2 is 1.95 bits per heavy atom. The topological polar surface area (TPSA) is 86.7 Å². The first-order valence-corrected chi connectivity index (χ1v) is 5.88. The van der Waals surface area contributed by atoms with E-state index in [-0.39, 0.29) is 19.5 Å². The molecule has 0 saturated carbocycles. The zero-order chi connectivity index (χ0) is 15.6. The van der Waals surface area contributed by atoms with E-state index < -0.39 is 42.3 Å². The molecule has 1 heterocycles. The maximum atomic E-state index is 11.9. The van der Waals surface area contributed by atoms with Crippen molar-refractivity contribution in [1.29, 1.82) is 0 Å². The van der Waals surface area contributed by atoms with Gasteiger partial charge in [0.2, 0.25) is 11.8 Å². The molecule has 0 aromatic carbocycles. The van der Waals surface area contributed by atoms with E-state index in [1.54, 1.807) is 5.32 Å². The molecule has 0 aromatic heterocycles. The minimum absolute atomic E-state index is 0.0479. The Balaban J connectivity index is 2.45. The molecule has 6 nitrogen and oxygen atoms in total. The molecule has 114 valence electrons. The lowest BCUT2D eigenvalue weighted by molar-refractivity contribution is -0.147. The molecule has 1 aliphatic rings. The van der Waals surface area contributed by atoms with Gasteiger partial charge in [-0.1, -0.05) is 0 Å². The molecule has 0 spiro atoms. The number of carbonyl (C=O) groups is 3. The molecular formula is C11H15F3N2O4. The number of halogens is 3. The molecule has 1 fully saturated rings. The van der Waals surface area contributed by atoms with Crippen molar-refractivity contribution in [3.05, 3.63) is 0 Å². The van der Waals surface area contributed by atoms with Gasteiger partial charge < -0.3 is 15.3 Å². The summed E-state index contributed by atoms with van der Waals surface area (Å²) in [4.78, 5) is 35.0. The van der Waals surface area contributed by atoms with E-state index >= 15 is 0 Å². The first-order valence-electron chi connectivity index (χ1n) is 5.88. The van der Waals surface area contributed by atoms with E-state index in [9.17, 15) is 27.6 Å². The lowest BCUT2D eigenvalue weighted by Gasteiger charge is -2.20. The Bertz CT molecular complexity index is 424. The normalized spacial score (nSPS) is 22.7. The average molecular weight is 296 g/mol. The van der Waals surface area contributed by atoms with Crippen LogP contribution in [0.5, 0.6) is 0 Å².